The highest BCUT2D eigenvalue weighted by atomic mass is 16.4. The Hall–Kier alpha value is -2.10. The fourth-order valence-corrected chi connectivity index (χ4v) is 2.06. The number of benzene rings is 1. The summed E-state index contributed by atoms with van der Waals surface area (Å²) in [5, 5.41) is 10.2. The SMILES string of the molecule is CC(C)c1ccc2c(=O)n(CCC(=O)O)ccc2c1. The van der Waals surface area contributed by atoms with E-state index in [2.05, 4.69) is 13.8 Å². The van der Waals surface area contributed by atoms with Gasteiger partial charge in [-0.2, -0.15) is 0 Å². The van der Waals surface area contributed by atoms with Crippen LogP contribution in [0.1, 0.15) is 31.7 Å². The summed E-state index contributed by atoms with van der Waals surface area (Å²) in [5.41, 5.74) is 1.06. The molecule has 0 aliphatic carbocycles. The first-order valence-corrected chi connectivity index (χ1v) is 6.34. The van der Waals surface area contributed by atoms with Gasteiger partial charge in [0, 0.05) is 18.1 Å². The molecule has 1 N–H and O–H groups in total. The van der Waals surface area contributed by atoms with Crippen molar-refractivity contribution >= 4 is 16.7 Å². The molecule has 100 valence electrons. The lowest BCUT2D eigenvalue weighted by atomic mass is 10.0. The Morgan fingerprint density at radius 1 is 1.32 bits per heavy atom. The van der Waals surface area contributed by atoms with E-state index in [0.29, 0.717) is 11.3 Å². The summed E-state index contributed by atoms with van der Waals surface area (Å²) in [5.74, 6) is -0.485. The van der Waals surface area contributed by atoms with E-state index in [4.69, 9.17) is 5.11 Å². The van der Waals surface area contributed by atoms with Crippen molar-refractivity contribution < 1.29 is 9.90 Å². The number of aliphatic carboxylic acids is 1. The van der Waals surface area contributed by atoms with Gasteiger partial charge < -0.3 is 9.67 Å². The third-order valence-corrected chi connectivity index (χ3v) is 3.23. The van der Waals surface area contributed by atoms with Gasteiger partial charge in [-0.05, 0) is 29.0 Å². The van der Waals surface area contributed by atoms with Crippen molar-refractivity contribution in [2.75, 3.05) is 0 Å². The van der Waals surface area contributed by atoms with Crippen LogP contribution in [0.5, 0.6) is 0 Å². The second-order valence-electron chi connectivity index (χ2n) is 4.96. The minimum absolute atomic E-state index is 0.0461. The molecule has 1 heterocycles. The first-order chi connectivity index (χ1) is 8.99. The zero-order valence-electron chi connectivity index (χ0n) is 11.1. The van der Waals surface area contributed by atoms with Crippen LogP contribution in [0.4, 0.5) is 0 Å². The molecule has 0 saturated carbocycles. The fourth-order valence-electron chi connectivity index (χ4n) is 2.06. The number of pyridine rings is 1. The topological polar surface area (TPSA) is 59.3 Å². The van der Waals surface area contributed by atoms with Crippen LogP contribution in [0.2, 0.25) is 0 Å². The molecule has 0 bridgehead atoms. The second-order valence-corrected chi connectivity index (χ2v) is 4.96. The number of carboxylic acids is 1. The van der Waals surface area contributed by atoms with Crippen molar-refractivity contribution in [3.8, 4) is 0 Å². The van der Waals surface area contributed by atoms with Crippen molar-refractivity contribution in [1.82, 2.24) is 4.57 Å². The molecule has 0 spiro atoms. The zero-order valence-corrected chi connectivity index (χ0v) is 11.1. The van der Waals surface area contributed by atoms with Crippen LogP contribution < -0.4 is 5.56 Å². The Morgan fingerprint density at radius 2 is 2.05 bits per heavy atom. The monoisotopic (exact) mass is 259 g/mol. The molecule has 19 heavy (non-hydrogen) atoms. The van der Waals surface area contributed by atoms with Gasteiger partial charge in [-0.25, -0.2) is 0 Å². The number of carbonyl (C=O) groups is 1. The van der Waals surface area contributed by atoms with Crippen LogP contribution >= 0.6 is 0 Å². The number of aromatic nitrogens is 1. The first kappa shape index (κ1) is 13.3. The quantitative estimate of drug-likeness (QED) is 0.918. The van der Waals surface area contributed by atoms with Crippen LogP contribution in [-0.4, -0.2) is 15.6 Å². The van der Waals surface area contributed by atoms with Crippen LogP contribution in [0, 0.1) is 0 Å². The zero-order chi connectivity index (χ0) is 14.0. The normalized spacial score (nSPS) is 11.1. The van der Waals surface area contributed by atoms with E-state index in [1.807, 2.05) is 24.3 Å². The lowest BCUT2D eigenvalue weighted by Gasteiger charge is -2.09. The molecule has 4 heteroatoms. The molecule has 0 atom stereocenters. The molecule has 1 aromatic carbocycles. The van der Waals surface area contributed by atoms with Gasteiger partial charge in [-0.3, -0.25) is 9.59 Å². The number of hydrogen-bond donors (Lipinski definition) is 1. The van der Waals surface area contributed by atoms with Gasteiger partial charge in [0.15, 0.2) is 0 Å². The molecule has 2 aromatic rings. The third-order valence-electron chi connectivity index (χ3n) is 3.23. The summed E-state index contributed by atoms with van der Waals surface area (Å²) in [6.45, 7) is 4.42. The highest BCUT2D eigenvalue weighted by Gasteiger charge is 2.06. The molecule has 0 saturated heterocycles. The summed E-state index contributed by atoms with van der Waals surface area (Å²) in [6, 6.07) is 7.66. The Balaban J connectivity index is 2.45. The number of nitrogens with zero attached hydrogens (tertiary/aromatic N) is 1. The minimum Gasteiger partial charge on any atom is -0.481 e. The molecule has 0 aliphatic rings. The highest BCUT2D eigenvalue weighted by Crippen LogP contribution is 2.19. The van der Waals surface area contributed by atoms with Crippen molar-refractivity contribution in [3.63, 3.8) is 0 Å². The summed E-state index contributed by atoms with van der Waals surface area (Å²) < 4.78 is 1.45. The maximum atomic E-state index is 12.2. The van der Waals surface area contributed by atoms with Crippen molar-refractivity contribution in [3.05, 3.63) is 46.4 Å². The minimum atomic E-state index is -0.901. The average molecular weight is 259 g/mol. The fraction of sp³-hybridized carbons (Fsp3) is 0.333. The maximum Gasteiger partial charge on any atom is 0.305 e. The third kappa shape index (κ3) is 2.84. The van der Waals surface area contributed by atoms with Crippen molar-refractivity contribution in [2.24, 2.45) is 0 Å². The number of fused-ring (bicyclic) bond motifs is 1. The number of rotatable bonds is 4. The largest absolute Gasteiger partial charge is 0.481 e. The van der Waals surface area contributed by atoms with Gasteiger partial charge in [0.2, 0.25) is 0 Å². The summed E-state index contributed by atoms with van der Waals surface area (Å²) >= 11 is 0. The molecule has 0 aliphatic heterocycles. The van der Waals surface area contributed by atoms with E-state index in [-0.39, 0.29) is 18.5 Å². The van der Waals surface area contributed by atoms with E-state index in [9.17, 15) is 9.59 Å². The van der Waals surface area contributed by atoms with E-state index < -0.39 is 5.97 Å². The van der Waals surface area contributed by atoms with Crippen LogP contribution in [0.25, 0.3) is 10.8 Å². The molecular formula is C15H17NO3. The summed E-state index contributed by atoms with van der Waals surface area (Å²) in [6.07, 6.45) is 1.62. The summed E-state index contributed by atoms with van der Waals surface area (Å²) in [4.78, 5) is 22.7. The molecular weight excluding hydrogens is 242 g/mol. The van der Waals surface area contributed by atoms with Gasteiger partial charge in [-0.1, -0.05) is 26.0 Å². The molecule has 0 fully saturated rings. The van der Waals surface area contributed by atoms with Crippen molar-refractivity contribution in [2.45, 2.75) is 32.7 Å². The highest BCUT2D eigenvalue weighted by molar-refractivity contribution is 5.82. The lowest BCUT2D eigenvalue weighted by Crippen LogP contribution is -2.20. The Bertz CT molecular complexity index is 671. The predicted octanol–water partition coefficient (Wildman–Crippen LogP) is 2.60. The predicted molar refractivity (Wildman–Crippen MR) is 74.5 cm³/mol. The lowest BCUT2D eigenvalue weighted by molar-refractivity contribution is -0.137. The molecule has 2 rings (SSSR count). The molecule has 0 amide bonds. The van der Waals surface area contributed by atoms with Crippen LogP contribution in [-0.2, 0) is 11.3 Å². The van der Waals surface area contributed by atoms with E-state index in [1.165, 1.54) is 10.1 Å². The van der Waals surface area contributed by atoms with Gasteiger partial charge in [0.05, 0.1) is 6.42 Å². The Labute approximate surface area is 111 Å². The smallest absolute Gasteiger partial charge is 0.305 e. The van der Waals surface area contributed by atoms with Crippen LogP contribution in [0.15, 0.2) is 35.3 Å². The van der Waals surface area contributed by atoms with Gasteiger partial charge in [0.1, 0.15) is 0 Å². The van der Waals surface area contributed by atoms with Crippen molar-refractivity contribution in [1.29, 1.82) is 0 Å². The van der Waals surface area contributed by atoms with Crippen LogP contribution in [0.3, 0.4) is 0 Å². The Kier molecular flexibility index (Phi) is 3.69. The van der Waals surface area contributed by atoms with E-state index in [0.717, 1.165) is 5.39 Å². The second kappa shape index (κ2) is 5.26. The van der Waals surface area contributed by atoms with E-state index >= 15 is 0 Å². The number of hydrogen-bond acceptors (Lipinski definition) is 2. The molecule has 4 nitrogen and oxygen atoms in total. The van der Waals surface area contributed by atoms with Gasteiger partial charge in [0.25, 0.3) is 5.56 Å². The van der Waals surface area contributed by atoms with Gasteiger partial charge >= 0.3 is 5.97 Å². The molecule has 1 aromatic heterocycles. The number of carboxylic acid groups (broad SMARTS) is 1. The molecule has 0 radical (unpaired) electrons. The number of aryl methyl sites for hydroxylation is 1. The standard InChI is InChI=1S/C15H17NO3/c1-10(2)11-3-4-13-12(9-11)5-7-16(15(13)19)8-6-14(17)18/h3-5,7,9-10H,6,8H2,1-2H3,(H,17,18). The average Bonchev–Trinajstić information content (AvgIpc) is 2.37. The maximum absolute atomic E-state index is 12.2. The van der Waals surface area contributed by atoms with E-state index in [1.54, 1.807) is 6.20 Å². The van der Waals surface area contributed by atoms with Gasteiger partial charge in [-0.15, -0.1) is 0 Å². The Morgan fingerprint density at radius 3 is 2.68 bits per heavy atom. The summed E-state index contributed by atoms with van der Waals surface area (Å²) in [7, 11) is 0. The first-order valence-electron chi connectivity index (χ1n) is 6.34. The molecule has 0 unspecified atom stereocenters.